The highest BCUT2D eigenvalue weighted by Gasteiger charge is 2.23. The summed E-state index contributed by atoms with van der Waals surface area (Å²) in [4.78, 5) is 14.2. The third-order valence-corrected chi connectivity index (χ3v) is 5.85. The maximum Gasteiger partial charge on any atom is 0.251 e. The van der Waals surface area contributed by atoms with Gasteiger partial charge in [-0.15, -0.1) is 0 Å². The SMILES string of the molecule is Cc1ccnn1-c1ccc(C(=O)NC2CC[NH+](Cc3ccc(Cl)cc3)CC2)cc1. The lowest BCUT2D eigenvalue weighted by molar-refractivity contribution is -0.918. The maximum atomic E-state index is 12.6. The van der Waals surface area contributed by atoms with Crippen molar-refractivity contribution >= 4 is 17.5 Å². The Morgan fingerprint density at radius 1 is 1.10 bits per heavy atom. The van der Waals surface area contributed by atoms with Crippen molar-refractivity contribution in [2.75, 3.05) is 13.1 Å². The smallest absolute Gasteiger partial charge is 0.251 e. The largest absolute Gasteiger partial charge is 0.349 e. The quantitative estimate of drug-likeness (QED) is 0.680. The number of likely N-dealkylation sites (tertiary alicyclic amines) is 1. The highest BCUT2D eigenvalue weighted by atomic mass is 35.5. The molecule has 4 rings (SSSR count). The maximum absolute atomic E-state index is 12.6. The van der Waals surface area contributed by atoms with E-state index >= 15 is 0 Å². The van der Waals surface area contributed by atoms with Gasteiger partial charge < -0.3 is 10.2 Å². The fourth-order valence-corrected chi connectivity index (χ4v) is 4.03. The zero-order valence-corrected chi connectivity index (χ0v) is 17.3. The highest BCUT2D eigenvalue weighted by molar-refractivity contribution is 6.30. The van der Waals surface area contributed by atoms with Gasteiger partial charge in [0.15, 0.2) is 0 Å². The van der Waals surface area contributed by atoms with E-state index in [4.69, 9.17) is 11.6 Å². The molecule has 1 saturated heterocycles. The van der Waals surface area contributed by atoms with Crippen molar-refractivity contribution in [2.45, 2.75) is 32.4 Å². The molecular formula is C23H26ClN4O+. The van der Waals surface area contributed by atoms with Crippen molar-refractivity contribution in [3.63, 3.8) is 0 Å². The lowest BCUT2D eigenvalue weighted by atomic mass is 10.0. The Morgan fingerprint density at radius 2 is 1.79 bits per heavy atom. The Balaban J connectivity index is 1.28. The van der Waals surface area contributed by atoms with Crippen LogP contribution < -0.4 is 10.2 Å². The van der Waals surface area contributed by atoms with Gasteiger partial charge in [0.05, 0.1) is 18.8 Å². The Kier molecular flexibility index (Phi) is 5.97. The van der Waals surface area contributed by atoms with Gasteiger partial charge in [0.1, 0.15) is 6.54 Å². The van der Waals surface area contributed by atoms with Crippen LogP contribution >= 0.6 is 11.6 Å². The van der Waals surface area contributed by atoms with E-state index in [1.165, 1.54) is 5.56 Å². The topological polar surface area (TPSA) is 51.4 Å². The average molecular weight is 410 g/mol. The van der Waals surface area contributed by atoms with Crippen molar-refractivity contribution in [3.8, 4) is 5.69 Å². The number of nitrogens with zero attached hydrogens (tertiary/aromatic N) is 2. The van der Waals surface area contributed by atoms with Crippen LogP contribution in [0.2, 0.25) is 5.02 Å². The summed E-state index contributed by atoms with van der Waals surface area (Å²) in [5, 5.41) is 8.28. The highest BCUT2D eigenvalue weighted by Crippen LogP contribution is 2.12. The van der Waals surface area contributed by atoms with E-state index in [1.807, 2.05) is 54.1 Å². The monoisotopic (exact) mass is 409 g/mol. The number of aromatic nitrogens is 2. The van der Waals surface area contributed by atoms with E-state index in [0.29, 0.717) is 5.56 Å². The molecule has 0 unspecified atom stereocenters. The van der Waals surface area contributed by atoms with Crippen molar-refractivity contribution in [1.29, 1.82) is 0 Å². The first kappa shape index (κ1) is 19.7. The molecular weight excluding hydrogens is 384 g/mol. The van der Waals surface area contributed by atoms with Crippen molar-refractivity contribution in [3.05, 3.63) is 82.6 Å². The van der Waals surface area contributed by atoms with Gasteiger partial charge in [0.2, 0.25) is 0 Å². The second-order valence-electron chi connectivity index (χ2n) is 7.73. The van der Waals surface area contributed by atoms with Gasteiger partial charge in [-0.25, -0.2) is 4.68 Å². The van der Waals surface area contributed by atoms with Gasteiger partial charge in [-0.05, 0) is 49.4 Å². The van der Waals surface area contributed by atoms with Crippen LogP contribution in [0.4, 0.5) is 0 Å². The minimum atomic E-state index is -0.000103. The van der Waals surface area contributed by atoms with Crippen molar-refractivity contribution in [1.82, 2.24) is 15.1 Å². The molecule has 29 heavy (non-hydrogen) atoms. The van der Waals surface area contributed by atoms with Gasteiger partial charge >= 0.3 is 0 Å². The molecule has 2 heterocycles. The van der Waals surface area contributed by atoms with Crippen LogP contribution in [0.1, 0.15) is 34.5 Å². The van der Waals surface area contributed by atoms with Crippen molar-refractivity contribution < 1.29 is 9.69 Å². The second-order valence-corrected chi connectivity index (χ2v) is 8.17. The predicted octanol–water partition coefficient (Wildman–Crippen LogP) is 2.81. The van der Waals surface area contributed by atoms with Crippen LogP contribution in [0, 0.1) is 6.92 Å². The summed E-state index contributed by atoms with van der Waals surface area (Å²) in [6.07, 6.45) is 3.77. The summed E-state index contributed by atoms with van der Waals surface area (Å²) in [5.74, 6) is -0.000103. The van der Waals surface area contributed by atoms with Crippen LogP contribution in [0.3, 0.4) is 0 Å². The summed E-state index contributed by atoms with van der Waals surface area (Å²) < 4.78 is 1.86. The van der Waals surface area contributed by atoms with E-state index in [1.54, 1.807) is 11.1 Å². The number of hydrogen-bond donors (Lipinski definition) is 2. The lowest BCUT2D eigenvalue weighted by Gasteiger charge is -2.29. The number of carbonyl (C=O) groups is 1. The number of benzene rings is 2. The van der Waals surface area contributed by atoms with E-state index in [0.717, 1.165) is 48.9 Å². The molecule has 1 amide bonds. The van der Waals surface area contributed by atoms with Gasteiger partial charge in [-0.2, -0.15) is 5.10 Å². The molecule has 0 aliphatic carbocycles. The number of carbonyl (C=O) groups excluding carboxylic acids is 1. The van der Waals surface area contributed by atoms with Gasteiger partial charge in [0.25, 0.3) is 5.91 Å². The molecule has 3 aromatic rings. The van der Waals surface area contributed by atoms with E-state index in [9.17, 15) is 4.79 Å². The summed E-state index contributed by atoms with van der Waals surface area (Å²) in [6, 6.07) is 17.9. The first-order valence-corrected chi connectivity index (χ1v) is 10.5. The Labute approximate surface area is 176 Å². The number of hydrogen-bond acceptors (Lipinski definition) is 2. The standard InChI is InChI=1S/C23H25ClN4O/c1-17-10-13-25-28(17)22-8-4-19(5-9-22)23(29)26-21-11-14-27(15-12-21)16-18-2-6-20(24)7-3-18/h2-10,13,21H,11-12,14-16H2,1H3,(H,26,29)/p+1. The van der Waals surface area contributed by atoms with Crippen LogP contribution in [0.5, 0.6) is 0 Å². The number of halogens is 1. The minimum absolute atomic E-state index is 0.000103. The normalized spacial score (nSPS) is 19.1. The number of aryl methyl sites for hydroxylation is 1. The van der Waals surface area contributed by atoms with E-state index in [-0.39, 0.29) is 11.9 Å². The van der Waals surface area contributed by atoms with Crippen LogP contribution in [-0.4, -0.2) is 34.8 Å². The molecule has 0 atom stereocenters. The summed E-state index contributed by atoms with van der Waals surface area (Å²) in [7, 11) is 0. The van der Waals surface area contributed by atoms with Gasteiger partial charge in [-0.1, -0.05) is 23.7 Å². The molecule has 1 aliphatic heterocycles. The van der Waals surface area contributed by atoms with Gasteiger partial charge in [0, 0.05) is 46.9 Å². The van der Waals surface area contributed by atoms with E-state index in [2.05, 4.69) is 22.5 Å². The summed E-state index contributed by atoms with van der Waals surface area (Å²) in [5.41, 5.74) is 4.02. The first-order valence-electron chi connectivity index (χ1n) is 10.1. The molecule has 0 radical (unpaired) electrons. The Morgan fingerprint density at radius 3 is 2.41 bits per heavy atom. The van der Waals surface area contributed by atoms with Crippen LogP contribution in [0.25, 0.3) is 5.69 Å². The summed E-state index contributed by atoms with van der Waals surface area (Å²) >= 11 is 5.96. The predicted molar refractivity (Wildman–Crippen MR) is 115 cm³/mol. The van der Waals surface area contributed by atoms with Crippen LogP contribution in [-0.2, 0) is 6.54 Å². The molecule has 1 aromatic heterocycles. The fraction of sp³-hybridized carbons (Fsp3) is 0.304. The molecule has 0 bridgehead atoms. The van der Waals surface area contributed by atoms with E-state index < -0.39 is 0 Å². The zero-order valence-electron chi connectivity index (χ0n) is 16.6. The molecule has 6 heteroatoms. The number of amides is 1. The Bertz CT molecular complexity index is 957. The molecule has 2 aromatic carbocycles. The molecule has 0 saturated carbocycles. The number of piperidine rings is 1. The number of quaternary nitrogens is 1. The summed E-state index contributed by atoms with van der Waals surface area (Å²) in [6.45, 7) is 5.14. The molecule has 1 aliphatic rings. The zero-order chi connectivity index (χ0) is 20.2. The molecule has 2 N–H and O–H groups in total. The third-order valence-electron chi connectivity index (χ3n) is 5.60. The second kappa shape index (κ2) is 8.80. The average Bonchev–Trinajstić information content (AvgIpc) is 3.17. The molecule has 5 nitrogen and oxygen atoms in total. The number of rotatable bonds is 5. The molecule has 0 spiro atoms. The van der Waals surface area contributed by atoms with Crippen LogP contribution in [0.15, 0.2) is 60.8 Å². The lowest BCUT2D eigenvalue weighted by Crippen LogP contribution is -3.12. The molecule has 150 valence electrons. The molecule has 1 fully saturated rings. The van der Waals surface area contributed by atoms with Crippen molar-refractivity contribution in [2.24, 2.45) is 0 Å². The van der Waals surface area contributed by atoms with Gasteiger partial charge in [-0.3, -0.25) is 4.79 Å². The first-order chi connectivity index (χ1) is 14.1. The third kappa shape index (κ3) is 4.86. The number of nitrogens with one attached hydrogen (secondary N) is 2. The Hall–Kier alpha value is -2.63. The minimum Gasteiger partial charge on any atom is -0.349 e. The fourth-order valence-electron chi connectivity index (χ4n) is 3.90.